The first-order chi connectivity index (χ1) is 15.8. The summed E-state index contributed by atoms with van der Waals surface area (Å²) in [6.07, 6.45) is 2.72. The van der Waals surface area contributed by atoms with Gasteiger partial charge in [0.25, 0.3) is 0 Å². The molecule has 1 aliphatic rings. The van der Waals surface area contributed by atoms with Crippen LogP contribution >= 0.6 is 11.6 Å². The second-order valence-corrected chi connectivity index (χ2v) is 9.17. The Morgan fingerprint density at radius 1 is 1.12 bits per heavy atom. The van der Waals surface area contributed by atoms with Gasteiger partial charge in [-0.1, -0.05) is 24.4 Å². The highest BCUT2D eigenvalue weighted by atomic mass is 35.5. The lowest BCUT2D eigenvalue weighted by molar-refractivity contribution is -0.162. The van der Waals surface area contributed by atoms with Crippen molar-refractivity contribution in [2.24, 2.45) is 0 Å². The van der Waals surface area contributed by atoms with Crippen molar-refractivity contribution in [1.29, 1.82) is 0 Å². The number of ether oxygens (including phenoxy) is 2. The van der Waals surface area contributed by atoms with Gasteiger partial charge < -0.3 is 14.0 Å². The Balaban J connectivity index is 1.46. The molecule has 4 rings (SSSR count). The van der Waals surface area contributed by atoms with Gasteiger partial charge in [0.1, 0.15) is 5.15 Å². The molecule has 1 unspecified atom stereocenters. The number of aryl methyl sites for hydroxylation is 2. The molecular formula is C25H30ClF3N2O2. The molecule has 1 atom stereocenters. The van der Waals surface area contributed by atoms with Gasteiger partial charge in [-0.05, 0) is 69.7 Å². The predicted octanol–water partition coefficient (Wildman–Crippen LogP) is 7.58. The number of aromatic nitrogens is 2. The summed E-state index contributed by atoms with van der Waals surface area (Å²) in [6.45, 7) is 6.10. The lowest BCUT2D eigenvalue weighted by Gasteiger charge is -2.22. The van der Waals surface area contributed by atoms with Crippen molar-refractivity contribution < 1.29 is 22.6 Å². The van der Waals surface area contributed by atoms with Crippen molar-refractivity contribution in [2.75, 3.05) is 13.2 Å². The maximum atomic E-state index is 13.8. The van der Waals surface area contributed by atoms with Crippen LogP contribution in [-0.2, 0) is 22.2 Å². The lowest BCUT2D eigenvalue weighted by atomic mass is 10.0. The quantitative estimate of drug-likeness (QED) is 0.245. The first-order valence-electron chi connectivity index (χ1n) is 11.7. The van der Waals surface area contributed by atoms with Gasteiger partial charge in [-0.3, -0.25) is 0 Å². The van der Waals surface area contributed by atoms with Crippen LogP contribution in [0.3, 0.4) is 0 Å². The number of alkyl halides is 3. The molecule has 0 saturated carbocycles. The van der Waals surface area contributed by atoms with E-state index in [0.29, 0.717) is 12.0 Å². The third-order valence-corrected chi connectivity index (χ3v) is 6.75. The molecule has 8 heteroatoms. The summed E-state index contributed by atoms with van der Waals surface area (Å²) >= 11 is 5.89. The zero-order chi connectivity index (χ0) is 23.6. The number of nitrogens with zero attached hydrogens (tertiary/aromatic N) is 2. The summed E-state index contributed by atoms with van der Waals surface area (Å²) in [5.41, 5.74) is 2.18. The third-order valence-electron chi connectivity index (χ3n) is 6.56. The van der Waals surface area contributed by atoms with Gasteiger partial charge >= 0.3 is 6.18 Å². The summed E-state index contributed by atoms with van der Waals surface area (Å²) in [6, 6.07) is 4.42. The molecule has 3 heterocycles. The van der Waals surface area contributed by atoms with E-state index >= 15 is 0 Å². The average Bonchev–Trinajstić information content (AvgIpc) is 3.02. The van der Waals surface area contributed by atoms with Crippen molar-refractivity contribution >= 4 is 33.4 Å². The standard InChI is InChI=1S/C25H30ClF3N2O2/c1-16-17(2)31(12-6-3-4-7-13-32-22-9-5-8-14-33-22)20-11-10-19-24(23(16)20)18(25(27,28)29)15-21(26)30-19/h10-11,15,22H,3-9,12-14H2,1-2H3. The molecule has 4 nitrogen and oxygen atoms in total. The summed E-state index contributed by atoms with van der Waals surface area (Å²) in [5, 5.41) is 0.593. The normalized spacial score (nSPS) is 17.3. The van der Waals surface area contributed by atoms with Gasteiger partial charge in [0.2, 0.25) is 0 Å². The molecule has 1 saturated heterocycles. The van der Waals surface area contributed by atoms with Gasteiger partial charge in [-0.25, -0.2) is 4.98 Å². The Labute approximate surface area is 197 Å². The van der Waals surface area contributed by atoms with Crippen LogP contribution in [0.4, 0.5) is 13.2 Å². The molecule has 0 bridgehead atoms. The minimum Gasteiger partial charge on any atom is -0.353 e. The minimum atomic E-state index is -4.51. The molecule has 2 aromatic heterocycles. The number of hydrogen-bond acceptors (Lipinski definition) is 3. The maximum absolute atomic E-state index is 13.8. The number of rotatable bonds is 8. The highest BCUT2D eigenvalue weighted by molar-refractivity contribution is 6.30. The van der Waals surface area contributed by atoms with Crippen LogP contribution in [0.25, 0.3) is 21.8 Å². The fourth-order valence-corrected chi connectivity index (χ4v) is 4.95. The van der Waals surface area contributed by atoms with Crippen molar-refractivity contribution in [3.05, 3.63) is 40.2 Å². The topological polar surface area (TPSA) is 36.3 Å². The van der Waals surface area contributed by atoms with E-state index in [9.17, 15) is 13.2 Å². The highest BCUT2D eigenvalue weighted by Crippen LogP contribution is 2.41. The van der Waals surface area contributed by atoms with E-state index in [1.54, 1.807) is 6.07 Å². The molecule has 1 aromatic carbocycles. The smallest absolute Gasteiger partial charge is 0.353 e. The van der Waals surface area contributed by atoms with E-state index in [1.807, 2.05) is 19.9 Å². The molecule has 1 aliphatic heterocycles. The van der Waals surface area contributed by atoms with Gasteiger partial charge in [-0.2, -0.15) is 13.2 Å². The maximum Gasteiger partial charge on any atom is 0.417 e. The van der Waals surface area contributed by atoms with Crippen LogP contribution in [-0.4, -0.2) is 29.1 Å². The monoisotopic (exact) mass is 482 g/mol. The van der Waals surface area contributed by atoms with E-state index in [-0.39, 0.29) is 22.3 Å². The Bertz CT molecular complexity index is 1120. The van der Waals surface area contributed by atoms with E-state index < -0.39 is 11.7 Å². The fraction of sp³-hybridized carbons (Fsp3) is 0.560. The first kappa shape index (κ1) is 24.3. The van der Waals surface area contributed by atoms with Crippen LogP contribution in [0, 0.1) is 13.8 Å². The molecule has 1 fully saturated rings. The van der Waals surface area contributed by atoms with Crippen LogP contribution < -0.4 is 0 Å². The molecule has 0 radical (unpaired) electrons. The van der Waals surface area contributed by atoms with Crippen LogP contribution in [0.5, 0.6) is 0 Å². The Hall–Kier alpha value is -1.83. The van der Waals surface area contributed by atoms with E-state index in [2.05, 4.69) is 9.55 Å². The Kier molecular flexibility index (Phi) is 7.51. The van der Waals surface area contributed by atoms with Crippen LogP contribution in [0.15, 0.2) is 18.2 Å². The number of pyridine rings is 1. The largest absolute Gasteiger partial charge is 0.417 e. The number of halogens is 4. The van der Waals surface area contributed by atoms with Crippen molar-refractivity contribution in [3.63, 3.8) is 0 Å². The first-order valence-corrected chi connectivity index (χ1v) is 12.0. The molecule has 3 aromatic rings. The molecule has 0 amide bonds. The van der Waals surface area contributed by atoms with Crippen LogP contribution in [0.1, 0.15) is 61.8 Å². The number of unbranched alkanes of at least 4 members (excludes halogenated alkanes) is 3. The summed E-state index contributed by atoms with van der Waals surface area (Å²) < 4.78 is 55.0. The third kappa shape index (κ3) is 5.31. The van der Waals surface area contributed by atoms with E-state index in [0.717, 1.165) is 80.9 Å². The van der Waals surface area contributed by atoms with Gasteiger partial charge in [0.15, 0.2) is 6.29 Å². The minimum absolute atomic E-state index is 0.0450. The highest BCUT2D eigenvalue weighted by Gasteiger charge is 2.35. The molecule has 180 valence electrons. The van der Waals surface area contributed by atoms with Gasteiger partial charge in [-0.15, -0.1) is 0 Å². The van der Waals surface area contributed by atoms with Crippen LogP contribution in [0.2, 0.25) is 5.15 Å². The van der Waals surface area contributed by atoms with Crippen molar-refractivity contribution in [2.45, 2.75) is 77.8 Å². The molecule has 0 spiro atoms. The zero-order valence-corrected chi connectivity index (χ0v) is 19.9. The average molecular weight is 483 g/mol. The predicted molar refractivity (Wildman–Crippen MR) is 125 cm³/mol. The molecule has 0 aliphatic carbocycles. The molecular weight excluding hydrogens is 453 g/mol. The van der Waals surface area contributed by atoms with Crippen molar-refractivity contribution in [1.82, 2.24) is 9.55 Å². The van der Waals surface area contributed by atoms with E-state index in [4.69, 9.17) is 21.1 Å². The lowest BCUT2D eigenvalue weighted by Crippen LogP contribution is -2.22. The Morgan fingerprint density at radius 2 is 1.91 bits per heavy atom. The second kappa shape index (κ2) is 10.2. The number of fused-ring (bicyclic) bond motifs is 3. The zero-order valence-electron chi connectivity index (χ0n) is 19.1. The van der Waals surface area contributed by atoms with Crippen molar-refractivity contribution in [3.8, 4) is 0 Å². The SMILES string of the molecule is Cc1c(C)n(CCCCCCOC2CCCCO2)c2ccc3nc(Cl)cc(C(F)(F)F)c3c12. The van der Waals surface area contributed by atoms with Gasteiger partial charge in [0.05, 0.1) is 11.1 Å². The summed E-state index contributed by atoms with van der Waals surface area (Å²) in [5.74, 6) is 0. The Morgan fingerprint density at radius 3 is 2.64 bits per heavy atom. The second-order valence-electron chi connectivity index (χ2n) is 8.79. The number of hydrogen-bond donors (Lipinski definition) is 0. The summed E-state index contributed by atoms with van der Waals surface area (Å²) in [4.78, 5) is 4.15. The summed E-state index contributed by atoms with van der Waals surface area (Å²) in [7, 11) is 0. The molecule has 0 N–H and O–H groups in total. The molecule has 33 heavy (non-hydrogen) atoms. The van der Waals surface area contributed by atoms with E-state index in [1.165, 1.54) is 0 Å². The fourth-order valence-electron chi connectivity index (χ4n) is 4.75. The van der Waals surface area contributed by atoms with Gasteiger partial charge in [0, 0.05) is 41.7 Å². The number of benzene rings is 1.